The van der Waals surface area contributed by atoms with Gasteiger partial charge < -0.3 is 10.1 Å². The van der Waals surface area contributed by atoms with Crippen molar-refractivity contribution in [2.24, 2.45) is 5.92 Å². The van der Waals surface area contributed by atoms with Gasteiger partial charge >= 0.3 is 0 Å². The highest BCUT2D eigenvalue weighted by Crippen LogP contribution is 2.31. The molecule has 0 bridgehead atoms. The maximum absolute atomic E-state index is 11.9. The molecule has 1 aliphatic rings. The largest absolute Gasteiger partial charge is 0.436 e. The number of anilines is 1. The monoisotopic (exact) mass is 373 g/mol. The first-order chi connectivity index (χ1) is 13.7. The molecule has 0 saturated heterocycles. The molecule has 1 N–H and O–H groups in total. The van der Waals surface area contributed by atoms with Crippen LogP contribution in [-0.2, 0) is 11.2 Å². The molecule has 0 unspecified atom stereocenters. The minimum Gasteiger partial charge on any atom is -0.436 e. The van der Waals surface area contributed by atoms with Crippen LogP contribution in [-0.4, -0.2) is 25.5 Å². The number of para-hydroxylation sites is 2. The van der Waals surface area contributed by atoms with Crippen LogP contribution in [0.4, 0.5) is 5.69 Å². The van der Waals surface area contributed by atoms with Crippen molar-refractivity contribution in [3.8, 4) is 11.6 Å². The quantitative estimate of drug-likeness (QED) is 0.572. The molecule has 5 rings (SSSR count). The molecule has 28 heavy (non-hydrogen) atoms. The summed E-state index contributed by atoms with van der Waals surface area (Å²) in [7, 11) is 0. The fourth-order valence-corrected chi connectivity index (χ4v) is 3.22. The first kappa shape index (κ1) is 16.7. The van der Waals surface area contributed by atoms with Gasteiger partial charge in [-0.05, 0) is 49.2 Å². The molecule has 1 aliphatic carbocycles. The SMILES string of the molecule is CCc1nnc2c(Oc3ccc(NC(=O)C4CC4)cc3)nc3ccccc3n12. The van der Waals surface area contributed by atoms with Crippen molar-refractivity contribution in [2.45, 2.75) is 26.2 Å². The summed E-state index contributed by atoms with van der Waals surface area (Å²) < 4.78 is 8.02. The molecule has 1 amide bonds. The molecule has 4 aromatic rings. The Morgan fingerprint density at radius 1 is 1.14 bits per heavy atom. The van der Waals surface area contributed by atoms with Gasteiger partial charge in [0.1, 0.15) is 11.6 Å². The summed E-state index contributed by atoms with van der Waals surface area (Å²) in [5, 5.41) is 11.5. The zero-order valence-corrected chi connectivity index (χ0v) is 15.4. The van der Waals surface area contributed by atoms with Crippen LogP contribution in [0.25, 0.3) is 16.7 Å². The highest BCUT2D eigenvalue weighted by atomic mass is 16.5. The lowest BCUT2D eigenvalue weighted by atomic mass is 10.3. The van der Waals surface area contributed by atoms with Gasteiger partial charge in [0, 0.05) is 18.0 Å². The summed E-state index contributed by atoms with van der Waals surface area (Å²) in [5.41, 5.74) is 3.11. The summed E-state index contributed by atoms with van der Waals surface area (Å²) in [6, 6.07) is 15.1. The van der Waals surface area contributed by atoms with Gasteiger partial charge in [0.2, 0.25) is 11.6 Å². The normalized spacial score (nSPS) is 13.8. The van der Waals surface area contributed by atoms with E-state index in [-0.39, 0.29) is 11.8 Å². The Morgan fingerprint density at radius 2 is 1.93 bits per heavy atom. The average Bonchev–Trinajstić information content (AvgIpc) is 3.48. The van der Waals surface area contributed by atoms with Gasteiger partial charge in [-0.25, -0.2) is 4.98 Å². The number of benzene rings is 2. The van der Waals surface area contributed by atoms with E-state index in [0.717, 1.165) is 41.8 Å². The zero-order chi connectivity index (χ0) is 19.1. The van der Waals surface area contributed by atoms with Crippen molar-refractivity contribution in [1.29, 1.82) is 0 Å². The van der Waals surface area contributed by atoms with Gasteiger partial charge in [0.25, 0.3) is 5.88 Å². The third kappa shape index (κ3) is 2.94. The number of hydrogen-bond acceptors (Lipinski definition) is 5. The van der Waals surface area contributed by atoms with Crippen LogP contribution >= 0.6 is 0 Å². The molecule has 140 valence electrons. The molecule has 0 atom stereocenters. The number of fused-ring (bicyclic) bond motifs is 3. The van der Waals surface area contributed by atoms with Crippen LogP contribution in [0, 0.1) is 5.92 Å². The lowest BCUT2D eigenvalue weighted by molar-refractivity contribution is -0.117. The number of nitrogens with zero attached hydrogens (tertiary/aromatic N) is 4. The molecule has 0 spiro atoms. The van der Waals surface area contributed by atoms with Crippen LogP contribution in [0.1, 0.15) is 25.6 Å². The van der Waals surface area contributed by atoms with Crippen LogP contribution in [0.5, 0.6) is 11.6 Å². The number of aromatic nitrogens is 4. The highest BCUT2D eigenvalue weighted by molar-refractivity contribution is 5.94. The zero-order valence-electron chi connectivity index (χ0n) is 15.4. The van der Waals surface area contributed by atoms with Gasteiger partial charge in [-0.1, -0.05) is 19.1 Å². The molecule has 2 aromatic carbocycles. The molecule has 7 heteroatoms. The Labute approximate surface area is 161 Å². The number of aryl methyl sites for hydroxylation is 1. The minimum atomic E-state index is 0.0853. The van der Waals surface area contributed by atoms with E-state index >= 15 is 0 Å². The molecular weight excluding hydrogens is 354 g/mol. The van der Waals surface area contributed by atoms with Crippen molar-refractivity contribution in [3.05, 3.63) is 54.4 Å². The summed E-state index contributed by atoms with van der Waals surface area (Å²) in [5.74, 6) is 2.14. The topological polar surface area (TPSA) is 81.4 Å². The second kappa shape index (κ2) is 6.60. The third-order valence-corrected chi connectivity index (χ3v) is 4.87. The van der Waals surface area contributed by atoms with E-state index in [4.69, 9.17) is 4.74 Å². The summed E-state index contributed by atoms with van der Waals surface area (Å²) in [6.45, 7) is 2.04. The van der Waals surface area contributed by atoms with Gasteiger partial charge in [0.05, 0.1) is 11.0 Å². The molecule has 0 aliphatic heterocycles. The number of nitrogens with one attached hydrogen (secondary N) is 1. The minimum absolute atomic E-state index is 0.0853. The third-order valence-electron chi connectivity index (χ3n) is 4.87. The molecular formula is C21H19N5O2. The van der Waals surface area contributed by atoms with Gasteiger partial charge in [-0.15, -0.1) is 10.2 Å². The Hall–Kier alpha value is -3.48. The van der Waals surface area contributed by atoms with E-state index in [0.29, 0.717) is 17.3 Å². The Bertz CT molecular complexity index is 1180. The van der Waals surface area contributed by atoms with E-state index in [9.17, 15) is 4.79 Å². The Kier molecular flexibility index (Phi) is 3.93. The Morgan fingerprint density at radius 3 is 2.68 bits per heavy atom. The van der Waals surface area contributed by atoms with Crippen LogP contribution in [0.15, 0.2) is 48.5 Å². The van der Waals surface area contributed by atoms with Crippen LogP contribution in [0.2, 0.25) is 0 Å². The highest BCUT2D eigenvalue weighted by Gasteiger charge is 2.29. The number of carbonyl (C=O) groups excluding carboxylic acids is 1. The predicted molar refractivity (Wildman–Crippen MR) is 106 cm³/mol. The van der Waals surface area contributed by atoms with Crippen molar-refractivity contribution < 1.29 is 9.53 Å². The Balaban J connectivity index is 1.48. The van der Waals surface area contributed by atoms with E-state index in [1.165, 1.54) is 0 Å². The number of carbonyl (C=O) groups is 1. The summed E-state index contributed by atoms with van der Waals surface area (Å²) >= 11 is 0. The second-order valence-electron chi connectivity index (χ2n) is 6.92. The van der Waals surface area contributed by atoms with Crippen molar-refractivity contribution in [1.82, 2.24) is 19.6 Å². The maximum Gasteiger partial charge on any atom is 0.266 e. The molecule has 7 nitrogen and oxygen atoms in total. The molecule has 2 heterocycles. The van der Waals surface area contributed by atoms with Crippen molar-refractivity contribution in [3.63, 3.8) is 0 Å². The smallest absolute Gasteiger partial charge is 0.266 e. The molecule has 1 saturated carbocycles. The van der Waals surface area contributed by atoms with Crippen molar-refractivity contribution >= 4 is 28.3 Å². The van der Waals surface area contributed by atoms with Crippen molar-refractivity contribution in [2.75, 3.05) is 5.32 Å². The van der Waals surface area contributed by atoms with E-state index in [2.05, 4.69) is 20.5 Å². The molecule has 2 aromatic heterocycles. The van der Waals surface area contributed by atoms with Crippen LogP contribution in [0.3, 0.4) is 0 Å². The van der Waals surface area contributed by atoms with E-state index in [1.54, 1.807) is 0 Å². The fraction of sp³-hybridized carbons (Fsp3) is 0.238. The van der Waals surface area contributed by atoms with E-state index < -0.39 is 0 Å². The predicted octanol–water partition coefficient (Wildman–Crippen LogP) is 3.98. The summed E-state index contributed by atoms with van der Waals surface area (Å²) in [4.78, 5) is 16.5. The fourth-order valence-electron chi connectivity index (χ4n) is 3.22. The lowest BCUT2D eigenvalue weighted by Gasteiger charge is -2.10. The second-order valence-corrected chi connectivity index (χ2v) is 6.92. The number of amides is 1. The first-order valence-electron chi connectivity index (χ1n) is 9.44. The average molecular weight is 373 g/mol. The van der Waals surface area contributed by atoms with Gasteiger partial charge in [-0.3, -0.25) is 9.20 Å². The standard InChI is InChI=1S/C21H19N5O2/c1-2-18-24-25-19-21(23-16-5-3-4-6-17(16)26(18)19)28-15-11-9-14(10-12-15)22-20(27)13-7-8-13/h3-6,9-13H,2,7-8H2,1H3,(H,22,27). The van der Waals surface area contributed by atoms with Crippen LogP contribution < -0.4 is 10.1 Å². The lowest BCUT2D eigenvalue weighted by Crippen LogP contribution is -2.12. The number of hydrogen-bond donors (Lipinski definition) is 1. The molecule has 0 radical (unpaired) electrons. The maximum atomic E-state index is 11.9. The number of ether oxygens (including phenoxy) is 1. The molecule has 1 fully saturated rings. The summed E-state index contributed by atoms with van der Waals surface area (Å²) in [6.07, 6.45) is 2.72. The first-order valence-corrected chi connectivity index (χ1v) is 9.44. The van der Waals surface area contributed by atoms with Gasteiger partial charge in [-0.2, -0.15) is 0 Å². The number of rotatable bonds is 5. The van der Waals surface area contributed by atoms with E-state index in [1.807, 2.05) is 59.9 Å². The van der Waals surface area contributed by atoms with Gasteiger partial charge in [0.15, 0.2) is 0 Å².